The van der Waals surface area contributed by atoms with Crippen LogP contribution in [0.3, 0.4) is 0 Å². The number of hydrogen-bond donors (Lipinski definition) is 1. The van der Waals surface area contributed by atoms with Gasteiger partial charge in [-0.05, 0) is 30.3 Å². The van der Waals surface area contributed by atoms with Gasteiger partial charge in [0.2, 0.25) is 0 Å². The van der Waals surface area contributed by atoms with Gasteiger partial charge in [0.1, 0.15) is 0 Å². The first kappa shape index (κ1) is 8.75. The molecular formula is C8H13F2NS. The third-order valence-corrected chi connectivity index (χ3v) is 4.17. The lowest BCUT2D eigenvalue weighted by Gasteiger charge is -2.27. The van der Waals surface area contributed by atoms with Crippen molar-refractivity contribution in [3.8, 4) is 0 Å². The first-order chi connectivity index (χ1) is 5.56. The molecule has 1 aliphatic carbocycles. The predicted octanol–water partition coefficient (Wildman–Crippen LogP) is 1.87. The van der Waals surface area contributed by atoms with Crippen molar-refractivity contribution in [1.82, 2.24) is 0 Å². The molecule has 1 aliphatic heterocycles. The number of rotatable bonds is 1. The van der Waals surface area contributed by atoms with E-state index in [1.54, 1.807) is 11.8 Å². The van der Waals surface area contributed by atoms with Gasteiger partial charge in [-0.1, -0.05) is 0 Å². The fraction of sp³-hybridized carbons (Fsp3) is 1.00. The zero-order valence-corrected chi connectivity index (χ0v) is 7.67. The van der Waals surface area contributed by atoms with Gasteiger partial charge < -0.3 is 5.73 Å². The molecule has 2 fully saturated rings. The molecule has 0 aromatic rings. The number of hydrogen-bond acceptors (Lipinski definition) is 2. The topological polar surface area (TPSA) is 26.0 Å². The van der Waals surface area contributed by atoms with Crippen molar-refractivity contribution in [3.63, 3.8) is 0 Å². The molecule has 2 N–H and O–H groups in total. The van der Waals surface area contributed by atoms with E-state index in [1.807, 2.05) is 0 Å². The zero-order valence-electron chi connectivity index (χ0n) is 6.85. The standard InChI is InChI=1S/C8H13F2NS/c9-8(10)5-7(8,11)6-2-1-3-12-4-6/h6H,1-5,11H2. The maximum Gasteiger partial charge on any atom is 0.268 e. The Kier molecular flexibility index (Phi) is 1.88. The summed E-state index contributed by atoms with van der Waals surface area (Å²) in [5.74, 6) is -0.592. The van der Waals surface area contributed by atoms with Crippen molar-refractivity contribution >= 4 is 11.8 Å². The molecular weight excluding hydrogens is 180 g/mol. The lowest BCUT2D eigenvalue weighted by molar-refractivity contribution is 0.0736. The van der Waals surface area contributed by atoms with Crippen LogP contribution in [0.2, 0.25) is 0 Å². The molecule has 1 heterocycles. The maximum absolute atomic E-state index is 12.8. The largest absolute Gasteiger partial charge is 0.320 e. The minimum Gasteiger partial charge on any atom is -0.320 e. The second-order valence-electron chi connectivity index (χ2n) is 3.84. The van der Waals surface area contributed by atoms with Crippen LogP contribution in [0.5, 0.6) is 0 Å². The smallest absolute Gasteiger partial charge is 0.268 e. The Morgan fingerprint density at radius 1 is 1.42 bits per heavy atom. The molecule has 0 amide bonds. The van der Waals surface area contributed by atoms with Gasteiger partial charge >= 0.3 is 0 Å². The van der Waals surface area contributed by atoms with Crippen molar-refractivity contribution in [2.45, 2.75) is 30.7 Å². The van der Waals surface area contributed by atoms with Crippen molar-refractivity contribution in [2.75, 3.05) is 11.5 Å². The number of alkyl halides is 2. The molecule has 12 heavy (non-hydrogen) atoms. The minimum atomic E-state index is -2.57. The van der Waals surface area contributed by atoms with Gasteiger partial charge in [0.15, 0.2) is 0 Å². The average Bonchev–Trinajstić information content (AvgIpc) is 2.55. The van der Waals surface area contributed by atoms with Crippen LogP contribution < -0.4 is 5.73 Å². The fourth-order valence-electron chi connectivity index (χ4n) is 1.91. The Bertz CT molecular complexity index is 191. The Balaban J connectivity index is 2.00. The monoisotopic (exact) mass is 193 g/mol. The lowest BCUT2D eigenvalue weighted by atomic mass is 9.94. The quantitative estimate of drug-likeness (QED) is 0.688. The van der Waals surface area contributed by atoms with Crippen LogP contribution in [0.15, 0.2) is 0 Å². The molecule has 1 nitrogen and oxygen atoms in total. The van der Waals surface area contributed by atoms with Gasteiger partial charge in [-0.3, -0.25) is 0 Å². The minimum absolute atomic E-state index is 0.0475. The van der Waals surface area contributed by atoms with E-state index in [0.29, 0.717) is 0 Å². The molecule has 0 aromatic heterocycles. The number of nitrogens with two attached hydrogens (primary N) is 1. The normalized spacial score (nSPS) is 45.8. The third-order valence-electron chi connectivity index (χ3n) is 2.96. The first-order valence-electron chi connectivity index (χ1n) is 4.31. The van der Waals surface area contributed by atoms with Gasteiger partial charge in [0.05, 0.1) is 5.54 Å². The van der Waals surface area contributed by atoms with E-state index >= 15 is 0 Å². The van der Waals surface area contributed by atoms with Crippen LogP contribution in [0.4, 0.5) is 8.78 Å². The predicted molar refractivity (Wildman–Crippen MR) is 46.5 cm³/mol. The van der Waals surface area contributed by atoms with Crippen LogP contribution in [0.1, 0.15) is 19.3 Å². The summed E-state index contributed by atoms with van der Waals surface area (Å²) in [5.41, 5.74) is 4.50. The highest BCUT2D eigenvalue weighted by atomic mass is 32.2. The second-order valence-corrected chi connectivity index (χ2v) is 4.99. The van der Waals surface area contributed by atoms with E-state index in [9.17, 15) is 8.78 Å². The highest BCUT2D eigenvalue weighted by Crippen LogP contribution is 2.57. The Labute approximate surface area is 75.1 Å². The molecule has 2 unspecified atom stereocenters. The van der Waals surface area contributed by atoms with Gasteiger partial charge in [0.25, 0.3) is 5.92 Å². The zero-order chi connectivity index (χ0) is 8.82. The van der Waals surface area contributed by atoms with E-state index in [2.05, 4.69) is 0 Å². The summed E-state index contributed by atoms with van der Waals surface area (Å²) in [4.78, 5) is 0. The van der Waals surface area contributed by atoms with Crippen molar-refractivity contribution < 1.29 is 8.78 Å². The van der Waals surface area contributed by atoms with Gasteiger partial charge in [-0.25, -0.2) is 8.78 Å². The Hall–Kier alpha value is 0.170. The average molecular weight is 193 g/mol. The number of halogens is 2. The molecule has 2 atom stereocenters. The van der Waals surface area contributed by atoms with Crippen LogP contribution in [0.25, 0.3) is 0 Å². The summed E-state index contributed by atoms with van der Waals surface area (Å²) in [6.45, 7) is 0. The van der Waals surface area contributed by atoms with Crippen LogP contribution in [-0.4, -0.2) is 23.0 Å². The molecule has 1 saturated carbocycles. The summed E-state index contributed by atoms with van der Waals surface area (Å²) in [6, 6.07) is 0. The lowest BCUT2D eigenvalue weighted by Crippen LogP contribution is -2.41. The van der Waals surface area contributed by atoms with Gasteiger partial charge in [-0.2, -0.15) is 11.8 Å². The van der Waals surface area contributed by atoms with Gasteiger partial charge in [-0.15, -0.1) is 0 Å². The third kappa shape index (κ3) is 1.16. The van der Waals surface area contributed by atoms with Crippen LogP contribution in [-0.2, 0) is 0 Å². The summed E-state index contributed by atoms with van der Waals surface area (Å²) in [7, 11) is 0. The van der Waals surface area contributed by atoms with Crippen molar-refractivity contribution in [1.29, 1.82) is 0 Å². The SMILES string of the molecule is NC1(C2CCCSC2)CC1(F)F. The first-order valence-corrected chi connectivity index (χ1v) is 5.46. The van der Waals surface area contributed by atoms with E-state index in [4.69, 9.17) is 5.73 Å². The van der Waals surface area contributed by atoms with E-state index in [1.165, 1.54) is 0 Å². The van der Waals surface area contributed by atoms with E-state index < -0.39 is 11.5 Å². The van der Waals surface area contributed by atoms with Crippen LogP contribution in [0, 0.1) is 5.92 Å². The molecule has 0 aromatic carbocycles. The molecule has 0 bridgehead atoms. The highest BCUT2D eigenvalue weighted by molar-refractivity contribution is 7.99. The molecule has 4 heteroatoms. The summed E-state index contributed by atoms with van der Waals surface area (Å²) >= 11 is 1.76. The van der Waals surface area contributed by atoms with Gasteiger partial charge in [0, 0.05) is 6.42 Å². The van der Waals surface area contributed by atoms with Crippen molar-refractivity contribution in [2.24, 2.45) is 11.7 Å². The molecule has 70 valence electrons. The maximum atomic E-state index is 12.8. The molecule has 2 aliphatic rings. The summed E-state index contributed by atoms with van der Waals surface area (Å²) in [5, 5.41) is 0. The van der Waals surface area contributed by atoms with E-state index in [-0.39, 0.29) is 12.3 Å². The van der Waals surface area contributed by atoms with E-state index in [0.717, 1.165) is 24.3 Å². The molecule has 0 radical (unpaired) electrons. The summed E-state index contributed by atoms with van der Waals surface area (Å²) < 4.78 is 25.7. The fourth-order valence-corrected chi connectivity index (χ4v) is 3.20. The Morgan fingerprint density at radius 2 is 2.08 bits per heavy atom. The van der Waals surface area contributed by atoms with Crippen molar-refractivity contribution in [3.05, 3.63) is 0 Å². The molecule has 2 rings (SSSR count). The Morgan fingerprint density at radius 3 is 2.50 bits per heavy atom. The van der Waals surface area contributed by atoms with Crippen LogP contribution >= 0.6 is 11.8 Å². The summed E-state index contributed by atoms with van der Waals surface area (Å²) in [6.07, 6.45) is 1.84. The second kappa shape index (κ2) is 2.58. The highest BCUT2D eigenvalue weighted by Gasteiger charge is 2.71. The number of thioether (sulfide) groups is 1. The molecule has 1 saturated heterocycles. The molecule has 0 spiro atoms.